The Hall–Kier alpha value is -1.47. The van der Waals surface area contributed by atoms with Crippen molar-refractivity contribution in [2.75, 3.05) is 55.8 Å². The molecule has 0 unspecified atom stereocenters. The van der Waals surface area contributed by atoms with Crippen molar-refractivity contribution in [3.8, 4) is 0 Å². The second kappa shape index (κ2) is 7.35. The normalized spacial score (nSPS) is 15.8. The third-order valence-electron chi connectivity index (χ3n) is 3.14. The molecule has 1 saturated heterocycles. The van der Waals surface area contributed by atoms with Gasteiger partial charge in [-0.15, -0.1) is 0 Å². The fourth-order valence-electron chi connectivity index (χ4n) is 2.04. The molecule has 1 aromatic rings. The smallest absolute Gasteiger partial charge is 0.341 e. The van der Waals surface area contributed by atoms with Crippen molar-refractivity contribution in [2.45, 2.75) is 0 Å². The van der Waals surface area contributed by atoms with Crippen LogP contribution in [0.25, 0.3) is 0 Å². The highest BCUT2D eigenvalue weighted by Crippen LogP contribution is 2.16. The van der Waals surface area contributed by atoms with Crippen molar-refractivity contribution in [1.82, 2.24) is 9.88 Å². The minimum Gasteiger partial charge on any atom is -0.465 e. The molecule has 110 valence electrons. The average Bonchev–Trinajstić information content (AvgIpc) is 2.49. The molecule has 0 aromatic carbocycles. The van der Waals surface area contributed by atoms with E-state index in [1.54, 1.807) is 6.07 Å². The zero-order valence-electron chi connectivity index (χ0n) is 11.6. The van der Waals surface area contributed by atoms with E-state index in [9.17, 15) is 4.79 Å². The Kier molecular flexibility index (Phi) is 5.49. The number of aromatic nitrogens is 1. The number of carbonyl (C=O) groups is 1. The summed E-state index contributed by atoms with van der Waals surface area (Å²) >= 11 is 1.99. The highest BCUT2D eigenvalue weighted by atomic mass is 32.2. The lowest BCUT2D eigenvalue weighted by Gasteiger charge is -2.26. The van der Waals surface area contributed by atoms with Crippen LogP contribution in [0.5, 0.6) is 0 Å². The highest BCUT2D eigenvalue weighted by Gasteiger charge is 2.14. The standard InChI is InChI=1S/C13H20N4O2S/c1-19-13(18)11-8-10(14)9-16-12(11)15-2-3-17-4-6-20-7-5-17/h8-9H,2-7,14H2,1H3,(H,15,16). The number of pyridine rings is 1. The van der Waals surface area contributed by atoms with Crippen LogP contribution < -0.4 is 11.1 Å². The van der Waals surface area contributed by atoms with E-state index in [0.29, 0.717) is 17.1 Å². The van der Waals surface area contributed by atoms with Gasteiger partial charge in [0.2, 0.25) is 0 Å². The number of carbonyl (C=O) groups excluding carboxylic acids is 1. The summed E-state index contributed by atoms with van der Waals surface area (Å²) < 4.78 is 4.74. The molecule has 6 nitrogen and oxygen atoms in total. The number of nitrogens with two attached hydrogens (primary N) is 1. The lowest BCUT2D eigenvalue weighted by Crippen LogP contribution is -2.36. The van der Waals surface area contributed by atoms with Crippen molar-refractivity contribution in [3.63, 3.8) is 0 Å². The summed E-state index contributed by atoms with van der Waals surface area (Å²) in [6.07, 6.45) is 1.53. The minimum atomic E-state index is -0.429. The quantitative estimate of drug-likeness (QED) is 0.782. The third kappa shape index (κ3) is 4.01. The lowest BCUT2D eigenvalue weighted by molar-refractivity contribution is 0.0601. The van der Waals surface area contributed by atoms with Gasteiger partial charge in [0, 0.05) is 37.7 Å². The summed E-state index contributed by atoms with van der Waals surface area (Å²) in [6, 6.07) is 1.58. The van der Waals surface area contributed by atoms with Crippen molar-refractivity contribution < 1.29 is 9.53 Å². The fourth-order valence-corrected chi connectivity index (χ4v) is 3.02. The van der Waals surface area contributed by atoms with E-state index in [1.807, 2.05) is 11.8 Å². The molecule has 1 aliphatic heterocycles. The van der Waals surface area contributed by atoms with Gasteiger partial charge in [-0.25, -0.2) is 9.78 Å². The molecular formula is C13H20N4O2S. The molecule has 0 amide bonds. The molecule has 0 spiro atoms. The Bertz CT molecular complexity index is 464. The molecular weight excluding hydrogens is 276 g/mol. The first-order chi connectivity index (χ1) is 9.70. The van der Waals surface area contributed by atoms with Gasteiger partial charge < -0.3 is 15.8 Å². The van der Waals surface area contributed by atoms with Gasteiger partial charge in [0.05, 0.1) is 19.0 Å². The minimum absolute atomic E-state index is 0.377. The number of esters is 1. The monoisotopic (exact) mass is 296 g/mol. The maximum absolute atomic E-state index is 11.7. The van der Waals surface area contributed by atoms with Gasteiger partial charge in [-0.2, -0.15) is 11.8 Å². The number of anilines is 2. The number of hydrogen-bond donors (Lipinski definition) is 2. The molecule has 1 fully saturated rings. The van der Waals surface area contributed by atoms with E-state index >= 15 is 0 Å². The van der Waals surface area contributed by atoms with Crippen LogP contribution in [0.3, 0.4) is 0 Å². The van der Waals surface area contributed by atoms with Crippen molar-refractivity contribution in [3.05, 3.63) is 17.8 Å². The van der Waals surface area contributed by atoms with E-state index in [1.165, 1.54) is 24.8 Å². The summed E-state index contributed by atoms with van der Waals surface area (Å²) in [5, 5.41) is 3.19. The predicted molar refractivity (Wildman–Crippen MR) is 82.2 cm³/mol. The molecule has 0 bridgehead atoms. The van der Waals surface area contributed by atoms with Crippen LogP contribution in [-0.2, 0) is 4.74 Å². The van der Waals surface area contributed by atoms with Gasteiger partial charge in [0.25, 0.3) is 0 Å². The molecule has 0 atom stereocenters. The van der Waals surface area contributed by atoms with E-state index in [-0.39, 0.29) is 0 Å². The highest BCUT2D eigenvalue weighted by molar-refractivity contribution is 7.99. The molecule has 1 aliphatic rings. The lowest BCUT2D eigenvalue weighted by atomic mass is 10.2. The Morgan fingerprint density at radius 1 is 1.55 bits per heavy atom. The molecule has 1 aromatic heterocycles. The zero-order chi connectivity index (χ0) is 14.4. The van der Waals surface area contributed by atoms with E-state index < -0.39 is 5.97 Å². The Balaban J connectivity index is 1.92. The molecule has 20 heavy (non-hydrogen) atoms. The first-order valence-electron chi connectivity index (χ1n) is 6.58. The number of nitrogens with one attached hydrogen (secondary N) is 1. The number of thioether (sulfide) groups is 1. The Labute approximate surface area is 123 Å². The Morgan fingerprint density at radius 3 is 3.00 bits per heavy atom. The number of hydrogen-bond acceptors (Lipinski definition) is 7. The molecule has 7 heteroatoms. The average molecular weight is 296 g/mol. The van der Waals surface area contributed by atoms with Crippen LogP contribution in [0.2, 0.25) is 0 Å². The Morgan fingerprint density at radius 2 is 2.30 bits per heavy atom. The molecule has 0 radical (unpaired) electrons. The number of methoxy groups -OCH3 is 1. The van der Waals surface area contributed by atoms with Crippen LogP contribution in [0.15, 0.2) is 12.3 Å². The second-order valence-corrected chi connectivity index (χ2v) is 5.76. The molecule has 2 rings (SSSR count). The maximum Gasteiger partial charge on any atom is 0.341 e. The number of ether oxygens (including phenoxy) is 1. The maximum atomic E-state index is 11.7. The zero-order valence-corrected chi connectivity index (χ0v) is 12.4. The predicted octanol–water partition coefficient (Wildman–Crippen LogP) is 0.911. The van der Waals surface area contributed by atoms with Crippen LogP contribution in [0.1, 0.15) is 10.4 Å². The van der Waals surface area contributed by atoms with Gasteiger partial charge in [-0.05, 0) is 6.07 Å². The van der Waals surface area contributed by atoms with Crippen molar-refractivity contribution in [1.29, 1.82) is 0 Å². The van der Waals surface area contributed by atoms with E-state index in [2.05, 4.69) is 15.2 Å². The largest absolute Gasteiger partial charge is 0.465 e. The summed E-state index contributed by atoms with van der Waals surface area (Å²) in [4.78, 5) is 18.3. The topological polar surface area (TPSA) is 80.5 Å². The number of rotatable bonds is 5. The summed E-state index contributed by atoms with van der Waals surface area (Å²) in [5.41, 5.74) is 6.48. The van der Waals surface area contributed by atoms with Crippen molar-refractivity contribution in [2.24, 2.45) is 0 Å². The van der Waals surface area contributed by atoms with E-state index in [4.69, 9.17) is 10.5 Å². The SMILES string of the molecule is COC(=O)c1cc(N)cnc1NCCN1CCSCC1. The number of nitrogen functional groups attached to an aromatic ring is 1. The molecule has 3 N–H and O–H groups in total. The van der Waals surface area contributed by atoms with Crippen molar-refractivity contribution >= 4 is 29.2 Å². The van der Waals surface area contributed by atoms with Gasteiger partial charge in [0.1, 0.15) is 11.4 Å². The molecule has 0 aliphatic carbocycles. The van der Waals surface area contributed by atoms with Gasteiger partial charge >= 0.3 is 5.97 Å². The molecule has 0 saturated carbocycles. The van der Waals surface area contributed by atoms with Crippen LogP contribution in [-0.4, -0.2) is 60.6 Å². The molecule has 2 heterocycles. The summed E-state index contributed by atoms with van der Waals surface area (Å²) in [6.45, 7) is 3.91. The van der Waals surface area contributed by atoms with Gasteiger partial charge in [-0.1, -0.05) is 0 Å². The number of nitrogens with zero attached hydrogens (tertiary/aromatic N) is 2. The first-order valence-corrected chi connectivity index (χ1v) is 7.74. The van der Waals surface area contributed by atoms with Crippen LogP contribution in [0, 0.1) is 0 Å². The van der Waals surface area contributed by atoms with Gasteiger partial charge in [-0.3, -0.25) is 4.90 Å². The third-order valence-corrected chi connectivity index (χ3v) is 4.08. The fraction of sp³-hybridized carbons (Fsp3) is 0.538. The van der Waals surface area contributed by atoms with E-state index in [0.717, 1.165) is 26.2 Å². The second-order valence-electron chi connectivity index (χ2n) is 4.54. The van der Waals surface area contributed by atoms with Crippen LogP contribution in [0.4, 0.5) is 11.5 Å². The summed E-state index contributed by atoms with van der Waals surface area (Å²) in [7, 11) is 1.35. The van der Waals surface area contributed by atoms with Gasteiger partial charge in [0.15, 0.2) is 0 Å². The first kappa shape index (κ1) is 14.9. The summed E-state index contributed by atoms with van der Waals surface area (Å²) in [5.74, 6) is 2.47. The van der Waals surface area contributed by atoms with Crippen LogP contribution >= 0.6 is 11.8 Å².